The van der Waals surface area contributed by atoms with E-state index in [9.17, 15) is 0 Å². The van der Waals surface area contributed by atoms with Gasteiger partial charge in [0, 0.05) is 12.1 Å². The molecule has 3 N–H and O–H groups in total. The fourth-order valence-corrected chi connectivity index (χ4v) is 1.66. The van der Waals surface area contributed by atoms with Crippen LogP contribution in [0.15, 0.2) is 12.1 Å². The summed E-state index contributed by atoms with van der Waals surface area (Å²) in [5, 5.41) is 9.81. The van der Waals surface area contributed by atoms with Crippen molar-refractivity contribution >= 4 is 28.9 Å². The molecule has 1 rings (SSSR count). The molecule has 0 saturated heterocycles. The number of ether oxygens (including phenoxy) is 1. The van der Waals surface area contributed by atoms with E-state index >= 15 is 0 Å². The minimum Gasteiger partial charge on any atom is -0.490 e. The SMILES string of the molecule is CC(O)CCOc1c(Cl)cc(N)cc1Cl. The first kappa shape index (κ1) is 12.4. The van der Waals surface area contributed by atoms with E-state index in [0.29, 0.717) is 34.5 Å². The Balaban J connectivity index is 2.68. The third-order valence-corrected chi connectivity index (χ3v) is 2.36. The molecule has 0 heterocycles. The van der Waals surface area contributed by atoms with Gasteiger partial charge in [0.2, 0.25) is 0 Å². The van der Waals surface area contributed by atoms with Crippen molar-refractivity contribution in [3.8, 4) is 5.75 Å². The zero-order valence-corrected chi connectivity index (χ0v) is 9.85. The molecule has 0 saturated carbocycles. The Labute approximate surface area is 98.7 Å². The van der Waals surface area contributed by atoms with E-state index in [1.807, 2.05) is 0 Å². The molecule has 0 aliphatic heterocycles. The molecule has 0 aliphatic carbocycles. The highest BCUT2D eigenvalue weighted by molar-refractivity contribution is 6.37. The van der Waals surface area contributed by atoms with E-state index < -0.39 is 6.10 Å². The topological polar surface area (TPSA) is 55.5 Å². The van der Waals surface area contributed by atoms with Crippen molar-refractivity contribution in [3.05, 3.63) is 22.2 Å². The molecule has 84 valence electrons. The molecule has 1 unspecified atom stereocenters. The van der Waals surface area contributed by atoms with Crippen LogP contribution in [0.1, 0.15) is 13.3 Å². The average molecular weight is 250 g/mol. The first-order chi connectivity index (χ1) is 7.00. The molecule has 3 nitrogen and oxygen atoms in total. The molecule has 0 bridgehead atoms. The molecule has 0 aromatic heterocycles. The van der Waals surface area contributed by atoms with Crippen LogP contribution in [0.25, 0.3) is 0 Å². The lowest BCUT2D eigenvalue weighted by atomic mass is 10.3. The predicted octanol–water partition coefficient (Wildman–Crippen LogP) is 2.73. The van der Waals surface area contributed by atoms with Crippen LogP contribution in [0.3, 0.4) is 0 Å². The summed E-state index contributed by atoms with van der Waals surface area (Å²) in [5.74, 6) is 0.410. The second-order valence-corrected chi connectivity index (χ2v) is 4.11. The molecule has 0 spiro atoms. The van der Waals surface area contributed by atoms with Crippen molar-refractivity contribution in [2.75, 3.05) is 12.3 Å². The number of halogens is 2. The average Bonchev–Trinajstić information content (AvgIpc) is 2.08. The van der Waals surface area contributed by atoms with Gasteiger partial charge in [0.05, 0.1) is 22.8 Å². The molecule has 15 heavy (non-hydrogen) atoms. The van der Waals surface area contributed by atoms with Gasteiger partial charge in [0.1, 0.15) is 0 Å². The van der Waals surface area contributed by atoms with E-state index in [-0.39, 0.29) is 0 Å². The van der Waals surface area contributed by atoms with Crippen LogP contribution in [0.2, 0.25) is 10.0 Å². The van der Waals surface area contributed by atoms with Crippen molar-refractivity contribution in [2.45, 2.75) is 19.4 Å². The number of rotatable bonds is 4. The van der Waals surface area contributed by atoms with E-state index in [0.717, 1.165) is 0 Å². The Morgan fingerprint density at radius 3 is 2.40 bits per heavy atom. The monoisotopic (exact) mass is 249 g/mol. The van der Waals surface area contributed by atoms with Crippen LogP contribution in [-0.4, -0.2) is 17.8 Å². The summed E-state index contributed by atoms with van der Waals surface area (Å²) in [5.41, 5.74) is 6.03. The first-order valence-corrected chi connectivity index (χ1v) is 5.31. The Kier molecular flexibility index (Phi) is 4.51. The Hall–Kier alpha value is -0.640. The lowest BCUT2D eigenvalue weighted by Crippen LogP contribution is -2.08. The van der Waals surface area contributed by atoms with Crippen molar-refractivity contribution in [1.82, 2.24) is 0 Å². The highest BCUT2D eigenvalue weighted by Crippen LogP contribution is 2.35. The molecular formula is C10H13Cl2NO2. The highest BCUT2D eigenvalue weighted by Gasteiger charge is 2.08. The summed E-state index contributed by atoms with van der Waals surface area (Å²) < 4.78 is 5.35. The van der Waals surface area contributed by atoms with Crippen molar-refractivity contribution < 1.29 is 9.84 Å². The normalized spacial score (nSPS) is 12.5. The molecule has 5 heteroatoms. The molecule has 1 aromatic carbocycles. The first-order valence-electron chi connectivity index (χ1n) is 4.56. The van der Waals surface area contributed by atoms with Gasteiger partial charge in [-0.25, -0.2) is 0 Å². The summed E-state index contributed by atoms with van der Waals surface area (Å²) in [7, 11) is 0. The lowest BCUT2D eigenvalue weighted by Gasteiger charge is -2.11. The highest BCUT2D eigenvalue weighted by atomic mass is 35.5. The number of hydrogen-bond donors (Lipinski definition) is 2. The smallest absolute Gasteiger partial charge is 0.156 e. The van der Waals surface area contributed by atoms with Crippen LogP contribution in [0, 0.1) is 0 Å². The third-order valence-electron chi connectivity index (χ3n) is 1.80. The fourth-order valence-electron chi connectivity index (χ4n) is 1.05. The van der Waals surface area contributed by atoms with Crippen LogP contribution in [-0.2, 0) is 0 Å². The summed E-state index contributed by atoms with van der Waals surface area (Å²) in [6.07, 6.45) is 0.119. The standard InChI is InChI=1S/C10H13Cl2NO2/c1-6(14)2-3-15-10-8(11)4-7(13)5-9(10)12/h4-6,14H,2-3,13H2,1H3. The number of nitrogens with two attached hydrogens (primary N) is 1. The summed E-state index contributed by atoms with van der Waals surface area (Å²) in [6, 6.07) is 3.15. The number of hydrogen-bond acceptors (Lipinski definition) is 3. The maximum absolute atomic E-state index is 9.05. The maximum Gasteiger partial charge on any atom is 0.156 e. The van der Waals surface area contributed by atoms with E-state index in [2.05, 4.69) is 0 Å². The largest absolute Gasteiger partial charge is 0.490 e. The van der Waals surface area contributed by atoms with Gasteiger partial charge in [-0.05, 0) is 19.1 Å². The quantitative estimate of drug-likeness (QED) is 0.808. The van der Waals surface area contributed by atoms with Crippen LogP contribution >= 0.6 is 23.2 Å². The summed E-state index contributed by atoms with van der Waals surface area (Å²) >= 11 is 11.8. The number of aliphatic hydroxyl groups is 1. The third kappa shape index (κ3) is 3.78. The number of nitrogen functional groups attached to an aromatic ring is 1. The van der Waals surface area contributed by atoms with Gasteiger partial charge in [-0.1, -0.05) is 23.2 Å². The second kappa shape index (κ2) is 5.45. The number of aliphatic hydroxyl groups excluding tert-OH is 1. The number of benzene rings is 1. The number of anilines is 1. The molecule has 0 radical (unpaired) electrons. The lowest BCUT2D eigenvalue weighted by molar-refractivity contribution is 0.155. The maximum atomic E-state index is 9.05. The molecule has 1 aromatic rings. The Bertz CT molecular complexity index is 319. The fraction of sp³-hybridized carbons (Fsp3) is 0.400. The van der Waals surface area contributed by atoms with E-state index in [1.54, 1.807) is 19.1 Å². The molecular weight excluding hydrogens is 237 g/mol. The van der Waals surface area contributed by atoms with E-state index in [1.165, 1.54) is 0 Å². The minimum absolute atomic E-state index is 0.362. The predicted molar refractivity (Wildman–Crippen MR) is 62.7 cm³/mol. The van der Waals surface area contributed by atoms with Gasteiger partial charge >= 0.3 is 0 Å². The second-order valence-electron chi connectivity index (χ2n) is 3.30. The summed E-state index contributed by atoms with van der Waals surface area (Å²) in [4.78, 5) is 0. The molecule has 0 aliphatic rings. The van der Waals surface area contributed by atoms with Gasteiger partial charge in [0.25, 0.3) is 0 Å². The zero-order chi connectivity index (χ0) is 11.4. The molecule has 1 atom stereocenters. The van der Waals surface area contributed by atoms with Crippen molar-refractivity contribution in [1.29, 1.82) is 0 Å². The minimum atomic E-state index is -0.406. The van der Waals surface area contributed by atoms with Crippen LogP contribution < -0.4 is 10.5 Å². The van der Waals surface area contributed by atoms with Crippen LogP contribution in [0.5, 0.6) is 5.75 Å². The van der Waals surface area contributed by atoms with Gasteiger partial charge < -0.3 is 15.6 Å². The zero-order valence-electron chi connectivity index (χ0n) is 8.34. The van der Waals surface area contributed by atoms with Gasteiger partial charge in [-0.15, -0.1) is 0 Å². The Morgan fingerprint density at radius 2 is 1.93 bits per heavy atom. The van der Waals surface area contributed by atoms with Gasteiger partial charge in [-0.3, -0.25) is 0 Å². The Morgan fingerprint density at radius 1 is 1.40 bits per heavy atom. The van der Waals surface area contributed by atoms with Crippen molar-refractivity contribution in [3.63, 3.8) is 0 Å². The van der Waals surface area contributed by atoms with Gasteiger partial charge in [-0.2, -0.15) is 0 Å². The summed E-state index contributed by atoms with van der Waals surface area (Å²) in [6.45, 7) is 2.05. The van der Waals surface area contributed by atoms with Crippen LogP contribution in [0.4, 0.5) is 5.69 Å². The van der Waals surface area contributed by atoms with Crippen molar-refractivity contribution in [2.24, 2.45) is 0 Å². The molecule has 0 fully saturated rings. The molecule has 0 amide bonds. The van der Waals surface area contributed by atoms with Gasteiger partial charge in [0.15, 0.2) is 5.75 Å². The van der Waals surface area contributed by atoms with E-state index in [4.69, 9.17) is 38.8 Å².